The second kappa shape index (κ2) is 2.82. The Kier molecular flexibility index (Phi) is 2.05. The van der Waals surface area contributed by atoms with E-state index in [0.717, 1.165) is 12.0 Å². The molecular formula is C9H12O. The number of rotatable bonds is 1. The van der Waals surface area contributed by atoms with Gasteiger partial charge in [0.1, 0.15) is 5.78 Å². The predicted molar refractivity (Wildman–Crippen MR) is 41.8 cm³/mol. The van der Waals surface area contributed by atoms with E-state index in [1.54, 1.807) is 0 Å². The van der Waals surface area contributed by atoms with Gasteiger partial charge in [0, 0.05) is 12.8 Å². The van der Waals surface area contributed by atoms with Crippen LogP contribution in [-0.4, -0.2) is 5.78 Å². The molecule has 10 heavy (non-hydrogen) atoms. The average Bonchev–Trinajstić information content (AvgIpc) is 1.88. The normalized spacial score (nSPS) is 18.5. The summed E-state index contributed by atoms with van der Waals surface area (Å²) in [4.78, 5) is 10.8. The highest BCUT2D eigenvalue weighted by Gasteiger charge is 2.09. The first-order valence-electron chi connectivity index (χ1n) is 3.57. The van der Waals surface area contributed by atoms with Crippen molar-refractivity contribution in [1.29, 1.82) is 0 Å². The fraction of sp³-hybridized carbons (Fsp3) is 0.444. The van der Waals surface area contributed by atoms with Gasteiger partial charge in [0.2, 0.25) is 0 Å². The van der Waals surface area contributed by atoms with Crippen molar-refractivity contribution in [2.75, 3.05) is 0 Å². The summed E-state index contributed by atoms with van der Waals surface area (Å²) in [6.07, 6.45) is 4.21. The Morgan fingerprint density at radius 3 is 2.70 bits per heavy atom. The molecular weight excluding hydrogens is 124 g/mol. The van der Waals surface area contributed by atoms with Crippen molar-refractivity contribution in [3.63, 3.8) is 0 Å². The molecule has 0 spiro atoms. The highest BCUT2D eigenvalue weighted by Crippen LogP contribution is 2.19. The third kappa shape index (κ3) is 1.56. The van der Waals surface area contributed by atoms with E-state index in [2.05, 4.69) is 6.58 Å². The maximum Gasteiger partial charge on any atom is 0.137 e. The summed E-state index contributed by atoms with van der Waals surface area (Å²) >= 11 is 0. The molecule has 0 heterocycles. The van der Waals surface area contributed by atoms with Crippen LogP contribution in [0.3, 0.4) is 0 Å². The van der Waals surface area contributed by atoms with Crippen LogP contribution in [0.25, 0.3) is 0 Å². The number of hydrogen-bond acceptors (Lipinski definition) is 1. The molecule has 0 bridgehead atoms. The van der Waals surface area contributed by atoms with Crippen LogP contribution in [0.2, 0.25) is 0 Å². The molecule has 0 unspecified atom stereocenters. The molecule has 0 atom stereocenters. The molecule has 0 aromatic heterocycles. The highest BCUT2D eigenvalue weighted by atomic mass is 16.1. The first kappa shape index (κ1) is 7.26. The summed E-state index contributed by atoms with van der Waals surface area (Å²) in [5.74, 6) is 0.352. The van der Waals surface area contributed by atoms with Gasteiger partial charge >= 0.3 is 0 Å². The van der Waals surface area contributed by atoms with Crippen LogP contribution in [0.4, 0.5) is 0 Å². The van der Waals surface area contributed by atoms with Gasteiger partial charge in [0.15, 0.2) is 0 Å². The lowest BCUT2D eigenvalue weighted by atomic mass is 9.94. The Hall–Kier alpha value is -0.850. The van der Waals surface area contributed by atoms with Gasteiger partial charge in [-0.15, -0.1) is 0 Å². The quantitative estimate of drug-likeness (QED) is 0.540. The lowest BCUT2D eigenvalue weighted by molar-refractivity contribution is -0.118. The minimum atomic E-state index is 0.352. The summed E-state index contributed by atoms with van der Waals surface area (Å²) in [6, 6.07) is 0. The van der Waals surface area contributed by atoms with Gasteiger partial charge in [-0.2, -0.15) is 0 Å². The lowest BCUT2D eigenvalue weighted by Gasteiger charge is -2.10. The first-order valence-corrected chi connectivity index (χ1v) is 3.57. The standard InChI is InChI=1S/C9H12O/c1-7(2)8-3-5-9(10)6-4-8/h3H,1,4-6H2,2H3. The second-order valence-electron chi connectivity index (χ2n) is 2.75. The predicted octanol–water partition coefficient (Wildman–Crippen LogP) is 2.24. The van der Waals surface area contributed by atoms with Crippen LogP contribution in [0.15, 0.2) is 23.8 Å². The molecule has 0 fully saturated rings. The number of ketones is 1. The summed E-state index contributed by atoms with van der Waals surface area (Å²) in [5.41, 5.74) is 2.37. The van der Waals surface area contributed by atoms with E-state index in [9.17, 15) is 4.79 Å². The molecule has 1 rings (SSSR count). The summed E-state index contributed by atoms with van der Waals surface area (Å²) in [7, 11) is 0. The molecule has 1 heteroatoms. The minimum Gasteiger partial charge on any atom is -0.299 e. The van der Waals surface area contributed by atoms with Crippen LogP contribution >= 0.6 is 0 Å². The van der Waals surface area contributed by atoms with Crippen LogP contribution in [0.5, 0.6) is 0 Å². The van der Waals surface area contributed by atoms with Gasteiger partial charge in [-0.05, 0) is 18.9 Å². The van der Waals surface area contributed by atoms with Crippen LogP contribution < -0.4 is 0 Å². The fourth-order valence-electron chi connectivity index (χ4n) is 1.10. The van der Waals surface area contributed by atoms with E-state index in [1.807, 2.05) is 13.0 Å². The van der Waals surface area contributed by atoms with Crippen LogP contribution in [0.1, 0.15) is 26.2 Å². The van der Waals surface area contributed by atoms with Crippen LogP contribution in [-0.2, 0) is 4.79 Å². The van der Waals surface area contributed by atoms with E-state index < -0.39 is 0 Å². The van der Waals surface area contributed by atoms with Crippen molar-refractivity contribution in [2.24, 2.45) is 0 Å². The number of Topliss-reactive ketones (excluding diaryl/α,β-unsaturated/α-hetero) is 1. The third-order valence-corrected chi connectivity index (χ3v) is 1.80. The number of allylic oxidation sites excluding steroid dienone is 3. The smallest absolute Gasteiger partial charge is 0.137 e. The lowest BCUT2D eigenvalue weighted by Crippen LogP contribution is -2.03. The topological polar surface area (TPSA) is 17.1 Å². The van der Waals surface area contributed by atoms with Gasteiger partial charge in [-0.1, -0.05) is 18.2 Å². The van der Waals surface area contributed by atoms with E-state index >= 15 is 0 Å². The van der Waals surface area contributed by atoms with Gasteiger partial charge < -0.3 is 0 Å². The summed E-state index contributed by atoms with van der Waals surface area (Å²) in [5, 5.41) is 0. The largest absolute Gasteiger partial charge is 0.299 e. The van der Waals surface area contributed by atoms with E-state index in [4.69, 9.17) is 0 Å². The maximum absolute atomic E-state index is 10.8. The molecule has 0 saturated heterocycles. The SMILES string of the molecule is C=C(C)C1=CCC(=O)CC1. The summed E-state index contributed by atoms with van der Waals surface area (Å²) in [6.45, 7) is 5.81. The van der Waals surface area contributed by atoms with Crippen LogP contribution in [0, 0.1) is 0 Å². The van der Waals surface area contributed by atoms with Crippen molar-refractivity contribution < 1.29 is 4.79 Å². The van der Waals surface area contributed by atoms with Crippen molar-refractivity contribution in [3.05, 3.63) is 23.8 Å². The molecule has 0 amide bonds. The highest BCUT2D eigenvalue weighted by molar-refractivity contribution is 5.81. The zero-order valence-corrected chi connectivity index (χ0v) is 6.31. The first-order chi connectivity index (χ1) is 4.70. The number of carbonyl (C=O) groups excluding carboxylic acids is 1. The summed E-state index contributed by atoms with van der Waals surface area (Å²) < 4.78 is 0. The molecule has 1 aliphatic rings. The molecule has 0 radical (unpaired) electrons. The monoisotopic (exact) mass is 136 g/mol. The van der Waals surface area contributed by atoms with E-state index in [1.165, 1.54) is 5.57 Å². The maximum atomic E-state index is 10.8. The molecule has 0 N–H and O–H groups in total. The van der Waals surface area contributed by atoms with Gasteiger partial charge in [-0.25, -0.2) is 0 Å². The van der Waals surface area contributed by atoms with Gasteiger partial charge in [-0.3, -0.25) is 4.79 Å². The Morgan fingerprint density at radius 2 is 2.30 bits per heavy atom. The average molecular weight is 136 g/mol. The molecule has 0 aromatic rings. The van der Waals surface area contributed by atoms with E-state index in [-0.39, 0.29) is 0 Å². The van der Waals surface area contributed by atoms with Gasteiger partial charge in [0.05, 0.1) is 0 Å². The number of hydrogen-bond donors (Lipinski definition) is 0. The Labute approximate surface area is 61.4 Å². The molecule has 0 saturated carbocycles. The zero-order chi connectivity index (χ0) is 7.56. The zero-order valence-electron chi connectivity index (χ0n) is 6.31. The molecule has 1 aliphatic carbocycles. The number of carbonyl (C=O) groups is 1. The van der Waals surface area contributed by atoms with Crippen molar-refractivity contribution >= 4 is 5.78 Å². The molecule has 0 aromatic carbocycles. The van der Waals surface area contributed by atoms with E-state index in [0.29, 0.717) is 18.6 Å². The Balaban J connectivity index is 2.65. The minimum absolute atomic E-state index is 0.352. The molecule has 1 nitrogen and oxygen atoms in total. The van der Waals surface area contributed by atoms with Crippen molar-refractivity contribution in [2.45, 2.75) is 26.2 Å². The van der Waals surface area contributed by atoms with Gasteiger partial charge in [0.25, 0.3) is 0 Å². The fourth-order valence-corrected chi connectivity index (χ4v) is 1.10. The van der Waals surface area contributed by atoms with Crippen molar-refractivity contribution in [3.8, 4) is 0 Å². The van der Waals surface area contributed by atoms with Crippen molar-refractivity contribution in [1.82, 2.24) is 0 Å². The molecule has 54 valence electrons. The Bertz CT molecular complexity index is 199. The third-order valence-electron chi connectivity index (χ3n) is 1.80. The Morgan fingerprint density at radius 1 is 1.60 bits per heavy atom. The second-order valence-corrected chi connectivity index (χ2v) is 2.75. The molecule has 0 aliphatic heterocycles.